The molecule has 5 nitrogen and oxygen atoms in total. The summed E-state index contributed by atoms with van der Waals surface area (Å²) in [5.74, 6) is -0.584. The Hall–Kier alpha value is -2.18. The number of benzene rings is 1. The number of piperidine rings is 1. The van der Waals surface area contributed by atoms with E-state index < -0.39 is 5.97 Å². The van der Waals surface area contributed by atoms with Crippen LogP contribution in [0.4, 0.5) is 0 Å². The first-order valence-electron chi connectivity index (χ1n) is 8.93. The number of esters is 1. The number of amides is 1. The van der Waals surface area contributed by atoms with Crippen molar-refractivity contribution in [2.45, 2.75) is 32.4 Å². The third-order valence-corrected chi connectivity index (χ3v) is 5.68. The summed E-state index contributed by atoms with van der Waals surface area (Å²) in [5.41, 5.74) is 2.40. The van der Waals surface area contributed by atoms with Crippen LogP contribution in [0.2, 0.25) is 0 Å². The molecule has 0 atom stereocenters. The van der Waals surface area contributed by atoms with Crippen LogP contribution in [0, 0.1) is 0 Å². The molecule has 1 aromatic carbocycles. The van der Waals surface area contributed by atoms with Gasteiger partial charge in [0.25, 0.3) is 5.91 Å². The van der Waals surface area contributed by atoms with Gasteiger partial charge in [-0.25, -0.2) is 4.79 Å². The molecule has 3 rings (SSSR count). The molecule has 1 aliphatic rings. The van der Waals surface area contributed by atoms with Gasteiger partial charge in [0, 0.05) is 13.1 Å². The van der Waals surface area contributed by atoms with Gasteiger partial charge in [0.2, 0.25) is 0 Å². The summed E-state index contributed by atoms with van der Waals surface area (Å²) in [4.78, 5) is 27.3. The number of nitrogens with one attached hydrogen (secondary N) is 1. The first kappa shape index (κ1) is 18.6. The molecule has 1 amide bonds. The highest BCUT2D eigenvalue weighted by Gasteiger charge is 2.15. The van der Waals surface area contributed by atoms with Crippen LogP contribution in [0.3, 0.4) is 0 Å². The van der Waals surface area contributed by atoms with Gasteiger partial charge in [-0.15, -0.1) is 11.3 Å². The first-order chi connectivity index (χ1) is 12.7. The van der Waals surface area contributed by atoms with Crippen LogP contribution in [-0.4, -0.2) is 37.0 Å². The van der Waals surface area contributed by atoms with Gasteiger partial charge in [-0.05, 0) is 49.2 Å². The summed E-state index contributed by atoms with van der Waals surface area (Å²) in [6.07, 6.45) is 3.85. The molecular formula is C20H24N2O3S. The molecule has 0 bridgehead atoms. The second-order valence-electron chi connectivity index (χ2n) is 6.44. The molecule has 0 radical (unpaired) electrons. The number of hydrogen-bond donors (Lipinski definition) is 1. The summed E-state index contributed by atoms with van der Waals surface area (Å²) in [5, 5.41) is 2.96. The lowest BCUT2D eigenvalue weighted by Crippen LogP contribution is -2.30. The summed E-state index contributed by atoms with van der Waals surface area (Å²) in [6.45, 7) is 3.70. The van der Waals surface area contributed by atoms with E-state index in [1.54, 1.807) is 12.1 Å². The molecule has 6 heteroatoms. The number of ether oxygens (including phenoxy) is 1. The fourth-order valence-corrected chi connectivity index (χ4v) is 4.02. The van der Waals surface area contributed by atoms with Crippen molar-refractivity contribution in [3.05, 3.63) is 57.3 Å². The van der Waals surface area contributed by atoms with Crippen molar-refractivity contribution in [2.75, 3.05) is 20.2 Å². The number of nitrogens with zero attached hydrogens (tertiary/aromatic N) is 1. The average Bonchev–Trinajstić information content (AvgIpc) is 3.17. The van der Waals surface area contributed by atoms with Crippen molar-refractivity contribution >= 4 is 23.2 Å². The molecule has 1 fully saturated rings. The van der Waals surface area contributed by atoms with E-state index in [2.05, 4.69) is 27.1 Å². The molecule has 0 aliphatic carbocycles. The Labute approximate surface area is 158 Å². The van der Waals surface area contributed by atoms with E-state index >= 15 is 0 Å². The molecule has 1 saturated heterocycles. The highest BCUT2D eigenvalue weighted by Crippen LogP contribution is 2.19. The van der Waals surface area contributed by atoms with Gasteiger partial charge < -0.3 is 10.1 Å². The lowest BCUT2D eigenvalue weighted by atomic mass is 10.0. The van der Waals surface area contributed by atoms with E-state index in [0.717, 1.165) is 36.5 Å². The normalized spacial score (nSPS) is 14.8. The second kappa shape index (κ2) is 8.96. The largest absolute Gasteiger partial charge is 0.465 e. The highest BCUT2D eigenvalue weighted by atomic mass is 32.1. The van der Waals surface area contributed by atoms with E-state index in [9.17, 15) is 9.59 Å². The first-order valence-corrected chi connectivity index (χ1v) is 9.74. The molecule has 2 heterocycles. The Morgan fingerprint density at radius 2 is 1.73 bits per heavy atom. The third kappa shape index (κ3) is 4.71. The van der Waals surface area contributed by atoms with Crippen LogP contribution >= 0.6 is 11.3 Å². The zero-order valence-electron chi connectivity index (χ0n) is 15.0. The number of hydrogen-bond acceptors (Lipinski definition) is 5. The van der Waals surface area contributed by atoms with Crippen LogP contribution in [-0.2, 0) is 17.8 Å². The second-order valence-corrected chi connectivity index (χ2v) is 7.53. The van der Waals surface area contributed by atoms with Gasteiger partial charge in [-0.1, -0.05) is 30.7 Å². The SMILES string of the molecule is COC(=O)c1ccc(C(=O)NCc2ccccc2CN2CCCCC2)s1. The van der Waals surface area contributed by atoms with Crippen molar-refractivity contribution in [3.8, 4) is 0 Å². The number of likely N-dealkylation sites (tertiary alicyclic amines) is 1. The van der Waals surface area contributed by atoms with Gasteiger partial charge >= 0.3 is 5.97 Å². The third-order valence-electron chi connectivity index (χ3n) is 4.62. The number of carbonyl (C=O) groups excluding carboxylic acids is 2. The maximum atomic E-state index is 12.4. The maximum absolute atomic E-state index is 12.4. The number of carbonyl (C=O) groups is 2. The van der Waals surface area contributed by atoms with E-state index in [0.29, 0.717) is 16.3 Å². The fourth-order valence-electron chi connectivity index (χ4n) is 3.18. The standard InChI is InChI=1S/C20H24N2O3S/c1-25-20(24)18-10-9-17(26-18)19(23)21-13-15-7-3-4-8-16(15)14-22-11-5-2-6-12-22/h3-4,7-10H,2,5-6,11-14H2,1H3,(H,21,23). The molecule has 0 unspecified atom stereocenters. The minimum absolute atomic E-state index is 0.169. The van der Waals surface area contributed by atoms with Crippen molar-refractivity contribution in [1.29, 1.82) is 0 Å². The predicted octanol–water partition coefficient (Wildman–Crippen LogP) is 3.45. The van der Waals surface area contributed by atoms with Crippen LogP contribution in [0.5, 0.6) is 0 Å². The lowest BCUT2D eigenvalue weighted by Gasteiger charge is -2.27. The Morgan fingerprint density at radius 1 is 1.04 bits per heavy atom. The Morgan fingerprint density at radius 3 is 2.46 bits per heavy atom. The number of methoxy groups -OCH3 is 1. The van der Waals surface area contributed by atoms with Crippen LogP contribution in [0.1, 0.15) is 49.7 Å². The summed E-state index contributed by atoms with van der Waals surface area (Å²) in [6, 6.07) is 11.5. The van der Waals surface area contributed by atoms with Gasteiger partial charge in [0.1, 0.15) is 4.88 Å². The Kier molecular flexibility index (Phi) is 6.41. The smallest absolute Gasteiger partial charge is 0.348 e. The van der Waals surface area contributed by atoms with Gasteiger partial charge in [0.05, 0.1) is 12.0 Å². The molecule has 0 saturated carbocycles. The molecule has 1 aliphatic heterocycles. The van der Waals surface area contributed by atoms with Gasteiger partial charge in [0.15, 0.2) is 0 Å². The monoisotopic (exact) mass is 372 g/mol. The molecular weight excluding hydrogens is 348 g/mol. The molecule has 0 spiro atoms. The maximum Gasteiger partial charge on any atom is 0.348 e. The van der Waals surface area contributed by atoms with Crippen molar-refractivity contribution in [3.63, 3.8) is 0 Å². The molecule has 26 heavy (non-hydrogen) atoms. The Bertz CT molecular complexity index is 766. The van der Waals surface area contributed by atoms with Gasteiger partial charge in [-0.2, -0.15) is 0 Å². The van der Waals surface area contributed by atoms with Crippen LogP contribution in [0.25, 0.3) is 0 Å². The van der Waals surface area contributed by atoms with E-state index in [4.69, 9.17) is 0 Å². The topological polar surface area (TPSA) is 58.6 Å². The van der Waals surface area contributed by atoms with E-state index in [1.165, 1.54) is 31.9 Å². The van der Waals surface area contributed by atoms with Crippen LogP contribution in [0.15, 0.2) is 36.4 Å². The van der Waals surface area contributed by atoms with E-state index in [1.807, 2.05) is 12.1 Å². The summed E-state index contributed by atoms with van der Waals surface area (Å²) < 4.78 is 4.68. The Balaban J connectivity index is 1.61. The summed E-state index contributed by atoms with van der Waals surface area (Å²) in [7, 11) is 1.33. The van der Waals surface area contributed by atoms with Crippen molar-refractivity contribution in [1.82, 2.24) is 10.2 Å². The molecule has 2 aromatic rings. The van der Waals surface area contributed by atoms with Gasteiger partial charge in [-0.3, -0.25) is 9.69 Å². The highest BCUT2D eigenvalue weighted by molar-refractivity contribution is 7.15. The molecule has 1 aromatic heterocycles. The zero-order chi connectivity index (χ0) is 18.4. The van der Waals surface area contributed by atoms with Crippen molar-refractivity contribution < 1.29 is 14.3 Å². The quantitative estimate of drug-likeness (QED) is 0.789. The minimum Gasteiger partial charge on any atom is -0.465 e. The average molecular weight is 372 g/mol. The lowest BCUT2D eigenvalue weighted by molar-refractivity contribution is 0.0606. The number of thiophene rings is 1. The number of rotatable bonds is 6. The van der Waals surface area contributed by atoms with Crippen LogP contribution < -0.4 is 5.32 Å². The predicted molar refractivity (Wildman–Crippen MR) is 102 cm³/mol. The molecule has 1 N–H and O–H groups in total. The zero-order valence-corrected chi connectivity index (χ0v) is 15.8. The fraction of sp³-hybridized carbons (Fsp3) is 0.400. The molecule has 138 valence electrons. The summed E-state index contributed by atoms with van der Waals surface area (Å²) >= 11 is 1.15. The van der Waals surface area contributed by atoms with Crippen molar-refractivity contribution in [2.24, 2.45) is 0 Å². The minimum atomic E-state index is -0.416. The van der Waals surface area contributed by atoms with E-state index in [-0.39, 0.29) is 5.91 Å².